The van der Waals surface area contributed by atoms with Gasteiger partial charge in [-0.1, -0.05) is 247 Å². The van der Waals surface area contributed by atoms with E-state index in [4.69, 9.17) is 25.8 Å². The lowest BCUT2D eigenvalue weighted by molar-refractivity contribution is 0.407. The molecule has 0 aliphatic heterocycles. The maximum absolute atomic E-state index is 13.6. The number of nitrogens with zero attached hydrogens (tertiary/aromatic N) is 10. The lowest BCUT2D eigenvalue weighted by Crippen LogP contribution is -2.14. The Morgan fingerprint density at radius 3 is 1.08 bits per heavy atom. The van der Waals surface area contributed by atoms with Gasteiger partial charge in [0.05, 0.1) is 10.7 Å². The molecule has 0 amide bonds. The SMILES string of the molecule is CC(C)(C)c1ccc(Cl)cn1.CC(C)(C)c1ccccn1.CC(C)(C)c1cccnc1.CC(C)(C)c1cccnc1Oc1ccc(F)cc1.CC(C)(C)c1cccnc1Oc1ccc(F)cc1F.CC(C)(C)c1cccnc1Oc1ccccc1F.CC(C)(C)c1ccncc1.CC(C)(C)c1cnccn1.Cc1cccnc1C(C)(C)C. The summed E-state index contributed by atoms with van der Waals surface area (Å²) in [6.07, 6.45) is 22.9. The molecule has 0 unspecified atom stereocenters. The Hall–Kier alpha value is -10.7. The van der Waals surface area contributed by atoms with Crippen molar-refractivity contribution < 1.29 is 31.8 Å². The summed E-state index contributed by atoms with van der Waals surface area (Å²) < 4.78 is 69.6. The standard InChI is InChI=1S/C15H15F2NO.2C15H16FNO.C10H15N.C9H12ClN.3C9H13N.C8H12N2/c1-15(2,3)11-5-4-8-18-14(11)19-13-7-6-10(16)9-12(13)17;1-15(2,3)13-5-4-10-17-14(13)18-12-8-6-11(16)7-9-12;1-15(2,3)11-7-6-10-17-14(11)18-13-9-5-4-8-12(13)16;1-8-6-5-7-11-9(8)10(2,3)4;1-9(2,3)8-5-4-7(10)6-11-8;1-9(2,3)8-4-6-10-7-5-8;1-9(2,3)8-5-4-6-10-7-8;1-9(2,3)8-6-4-5-7-10-8;1-8(2,3)7-6-9-4-5-10-7/h4-9H,1-3H3;2*4-10H,1-3H3;5-7H,1-4H3;4-6H,1-3H3;3*4-7H,1-3H3;4-6H,1-3H3. The molecule has 12 aromatic rings. The Morgan fingerprint density at radius 1 is 0.274 bits per heavy atom. The van der Waals surface area contributed by atoms with E-state index in [2.05, 4.69) is 253 Å². The van der Waals surface area contributed by atoms with Gasteiger partial charge in [0.15, 0.2) is 23.1 Å². The zero-order valence-corrected chi connectivity index (χ0v) is 75.0. The van der Waals surface area contributed by atoms with Crippen LogP contribution in [0.25, 0.3) is 0 Å². The van der Waals surface area contributed by atoms with Crippen molar-refractivity contribution in [2.45, 2.75) is 243 Å². The van der Waals surface area contributed by atoms with Crippen LogP contribution in [-0.2, 0) is 48.7 Å². The third-order valence-electron chi connectivity index (χ3n) is 17.0. The first-order valence-corrected chi connectivity index (χ1v) is 39.5. The van der Waals surface area contributed by atoms with Crippen molar-refractivity contribution in [1.82, 2.24) is 49.8 Å². The van der Waals surface area contributed by atoms with Crippen LogP contribution in [0.15, 0.2) is 250 Å². The third-order valence-corrected chi connectivity index (χ3v) is 17.2. The summed E-state index contributed by atoms with van der Waals surface area (Å²) in [6.45, 7) is 59.6. The van der Waals surface area contributed by atoms with Crippen LogP contribution in [0.4, 0.5) is 17.6 Å². The third kappa shape index (κ3) is 36.6. The van der Waals surface area contributed by atoms with Crippen molar-refractivity contribution in [3.05, 3.63) is 335 Å². The lowest BCUT2D eigenvalue weighted by Gasteiger charge is -2.21. The molecule has 9 heterocycles. The second-order valence-electron chi connectivity index (χ2n) is 36.9. The van der Waals surface area contributed by atoms with Crippen LogP contribution in [0, 0.1) is 30.2 Å². The molecule has 0 spiro atoms. The van der Waals surface area contributed by atoms with Gasteiger partial charge in [-0.3, -0.25) is 34.9 Å². The molecule has 12 rings (SSSR count). The van der Waals surface area contributed by atoms with Crippen molar-refractivity contribution in [3.63, 3.8) is 0 Å². The Kier molecular flexibility index (Phi) is 37.6. The van der Waals surface area contributed by atoms with E-state index in [1.165, 1.54) is 46.6 Å². The van der Waals surface area contributed by atoms with Gasteiger partial charge >= 0.3 is 0 Å². The fourth-order valence-electron chi connectivity index (χ4n) is 10.3. The van der Waals surface area contributed by atoms with Gasteiger partial charge in [-0.25, -0.2) is 32.5 Å². The summed E-state index contributed by atoms with van der Waals surface area (Å²) in [7, 11) is 0. The van der Waals surface area contributed by atoms with Gasteiger partial charge in [0.1, 0.15) is 17.4 Å². The molecule has 0 aliphatic carbocycles. The highest BCUT2D eigenvalue weighted by Crippen LogP contribution is 2.37. The van der Waals surface area contributed by atoms with Gasteiger partial charge in [0.25, 0.3) is 0 Å². The van der Waals surface area contributed by atoms with Gasteiger partial charge < -0.3 is 14.2 Å². The van der Waals surface area contributed by atoms with E-state index in [9.17, 15) is 17.6 Å². The van der Waals surface area contributed by atoms with Crippen molar-refractivity contribution in [3.8, 4) is 34.9 Å². The van der Waals surface area contributed by atoms with Crippen LogP contribution in [-0.4, -0.2) is 49.8 Å². The molecule has 13 nitrogen and oxygen atoms in total. The summed E-state index contributed by atoms with van der Waals surface area (Å²) in [5.74, 6) is 0.0509. The number of benzene rings is 3. The summed E-state index contributed by atoms with van der Waals surface area (Å²) in [6, 6.07) is 48.9. The van der Waals surface area contributed by atoms with E-state index in [0.717, 1.165) is 45.9 Å². The molecule has 0 N–H and O–H groups in total. The first-order chi connectivity index (χ1) is 54.3. The van der Waals surface area contributed by atoms with Gasteiger partial charge in [-0.05, 0) is 166 Å². The molecule has 0 radical (unpaired) electrons. The van der Waals surface area contributed by atoms with E-state index >= 15 is 0 Å². The zero-order chi connectivity index (χ0) is 87.8. The number of pyridine rings is 8. The summed E-state index contributed by atoms with van der Waals surface area (Å²) in [4.78, 5) is 41.6. The Balaban J connectivity index is 0.000000281. The number of hydrogen-bond donors (Lipinski definition) is 0. The van der Waals surface area contributed by atoms with Crippen LogP contribution in [0.2, 0.25) is 5.02 Å². The molecular formula is C99H125ClF4N10O3. The predicted molar refractivity (Wildman–Crippen MR) is 473 cm³/mol. The Bertz CT molecular complexity index is 4650. The molecule has 0 saturated carbocycles. The highest BCUT2D eigenvalue weighted by molar-refractivity contribution is 6.30. The van der Waals surface area contributed by atoms with Crippen LogP contribution in [0.5, 0.6) is 34.9 Å². The minimum absolute atomic E-state index is 0.0365. The number of ether oxygens (including phenoxy) is 3. The monoisotopic (exact) mass is 1610 g/mol. The first kappa shape index (κ1) is 98.7. The second kappa shape index (κ2) is 44.6. The van der Waals surface area contributed by atoms with Gasteiger partial charge in [0.2, 0.25) is 17.6 Å². The number of halogens is 5. The summed E-state index contributed by atoms with van der Waals surface area (Å²) in [5, 5.41) is 0.693. The van der Waals surface area contributed by atoms with Gasteiger partial charge in [-0.2, -0.15) is 0 Å². The van der Waals surface area contributed by atoms with Crippen LogP contribution >= 0.6 is 11.6 Å². The van der Waals surface area contributed by atoms with E-state index < -0.39 is 11.6 Å². The molecule has 0 aliphatic rings. The molecule has 0 fully saturated rings. The zero-order valence-electron chi connectivity index (χ0n) is 74.3. The molecule has 3 aromatic carbocycles. The second-order valence-corrected chi connectivity index (χ2v) is 37.3. The molecule has 624 valence electrons. The van der Waals surface area contributed by atoms with E-state index in [1.54, 1.807) is 86.0 Å². The minimum atomic E-state index is -0.745. The maximum Gasteiger partial charge on any atom is 0.223 e. The first-order valence-electron chi connectivity index (χ1n) is 39.1. The fraction of sp³-hybridized carbons (Fsp3) is 0.374. The van der Waals surface area contributed by atoms with Crippen molar-refractivity contribution in [1.29, 1.82) is 0 Å². The highest BCUT2D eigenvalue weighted by atomic mass is 35.5. The summed E-state index contributed by atoms with van der Waals surface area (Å²) in [5.41, 5.74) is 11.9. The largest absolute Gasteiger partial charge is 0.439 e. The average molecular weight is 1610 g/mol. The topological polar surface area (TPSA) is 157 Å². The molecule has 0 bridgehead atoms. The Morgan fingerprint density at radius 2 is 0.709 bits per heavy atom. The number of para-hydroxylation sites is 1. The Labute approximate surface area is 701 Å². The number of hydrogen-bond acceptors (Lipinski definition) is 13. The quantitative estimate of drug-likeness (QED) is 0.145. The van der Waals surface area contributed by atoms with Crippen molar-refractivity contribution in [2.75, 3.05) is 0 Å². The molecule has 18 heteroatoms. The molecule has 0 saturated heterocycles. The molecule has 9 aromatic heterocycles. The fourth-order valence-corrected chi connectivity index (χ4v) is 10.4. The van der Waals surface area contributed by atoms with Crippen LogP contribution < -0.4 is 14.2 Å². The van der Waals surface area contributed by atoms with Crippen molar-refractivity contribution >= 4 is 11.6 Å². The maximum atomic E-state index is 13.6. The predicted octanol–water partition coefficient (Wildman–Crippen LogP) is 27.7. The smallest absolute Gasteiger partial charge is 0.223 e. The molecular weight excluding hydrogens is 1490 g/mol. The summed E-state index contributed by atoms with van der Waals surface area (Å²) >= 11 is 5.70. The van der Waals surface area contributed by atoms with E-state index in [0.29, 0.717) is 28.4 Å². The van der Waals surface area contributed by atoms with E-state index in [1.807, 2.05) is 118 Å². The van der Waals surface area contributed by atoms with Crippen molar-refractivity contribution in [2.24, 2.45) is 0 Å². The van der Waals surface area contributed by atoms with E-state index in [-0.39, 0.29) is 71.9 Å². The lowest BCUT2D eigenvalue weighted by atomic mass is 9.88. The number of aryl methyl sites for hydroxylation is 1. The van der Waals surface area contributed by atoms with Crippen LogP contribution in [0.3, 0.4) is 0 Å². The number of rotatable bonds is 6. The van der Waals surface area contributed by atoms with Gasteiger partial charge in [-0.15, -0.1) is 0 Å². The molecule has 117 heavy (non-hydrogen) atoms. The normalized spacial score (nSPS) is 11.5. The minimum Gasteiger partial charge on any atom is -0.439 e. The van der Waals surface area contributed by atoms with Crippen LogP contribution in [0.1, 0.15) is 243 Å². The van der Waals surface area contributed by atoms with Gasteiger partial charge in [0, 0.05) is 142 Å². The molecule has 0 atom stereocenters. The average Bonchev–Trinajstić information content (AvgIpc) is 0.847. The number of aromatic nitrogens is 10. The highest BCUT2D eigenvalue weighted by Gasteiger charge is 2.25.